The molecule has 0 aromatic carbocycles. The quantitative estimate of drug-likeness (QED) is 0.540. The fraction of sp³-hybridized carbons (Fsp3) is 0.300. The lowest BCUT2D eigenvalue weighted by molar-refractivity contribution is 1.31. The zero-order valence-electron chi connectivity index (χ0n) is 7.04. The van der Waals surface area contributed by atoms with Crippen molar-refractivity contribution in [1.29, 1.82) is 0 Å². The van der Waals surface area contributed by atoms with Crippen LogP contribution in [-0.4, -0.2) is 6.21 Å². The largest absolute Gasteiger partial charge is 0.261 e. The molecule has 1 rings (SSSR count). The highest BCUT2D eigenvalue weighted by Crippen LogP contribution is 2.19. The van der Waals surface area contributed by atoms with E-state index in [4.69, 9.17) is 0 Å². The van der Waals surface area contributed by atoms with Crippen molar-refractivity contribution in [3.8, 4) is 0 Å². The van der Waals surface area contributed by atoms with E-state index in [1.807, 2.05) is 38.3 Å². The molecule has 58 valence electrons. The van der Waals surface area contributed by atoms with Crippen molar-refractivity contribution in [2.45, 2.75) is 20.3 Å². The highest BCUT2D eigenvalue weighted by molar-refractivity contribution is 5.71. The summed E-state index contributed by atoms with van der Waals surface area (Å²) in [4.78, 5) is 4.24. The van der Waals surface area contributed by atoms with Crippen molar-refractivity contribution in [3.05, 3.63) is 35.6 Å². The Kier molecular flexibility index (Phi) is 2.84. The summed E-state index contributed by atoms with van der Waals surface area (Å²) in [5, 5.41) is 0. The van der Waals surface area contributed by atoms with Crippen LogP contribution in [0.4, 0.5) is 0 Å². The molecule has 0 aromatic rings. The van der Waals surface area contributed by atoms with Crippen molar-refractivity contribution in [2.75, 3.05) is 0 Å². The Hall–Kier alpha value is -1.11. The molecule has 1 aliphatic heterocycles. The maximum atomic E-state index is 4.24. The second-order valence-corrected chi connectivity index (χ2v) is 2.41. The fourth-order valence-corrected chi connectivity index (χ4v) is 1.03. The van der Waals surface area contributed by atoms with Crippen LogP contribution in [0.5, 0.6) is 0 Å². The van der Waals surface area contributed by atoms with Gasteiger partial charge < -0.3 is 0 Å². The molecule has 0 saturated heterocycles. The minimum Gasteiger partial charge on any atom is -0.261 e. The van der Waals surface area contributed by atoms with Gasteiger partial charge in [-0.3, -0.25) is 4.99 Å². The molecule has 0 unspecified atom stereocenters. The lowest BCUT2D eigenvalue weighted by Gasteiger charge is -1.93. The first-order valence-corrected chi connectivity index (χ1v) is 3.89. The molecular formula is C10H13N. The van der Waals surface area contributed by atoms with Gasteiger partial charge in [0.25, 0.3) is 0 Å². The normalized spacial score (nSPS) is 24.5. The van der Waals surface area contributed by atoms with E-state index in [-0.39, 0.29) is 0 Å². The average Bonchev–Trinajstić information content (AvgIpc) is 2.47. The number of aliphatic imine (C=N–C) groups is 1. The van der Waals surface area contributed by atoms with Crippen molar-refractivity contribution in [2.24, 2.45) is 4.99 Å². The second kappa shape index (κ2) is 3.91. The molecule has 0 saturated carbocycles. The minimum absolute atomic E-state index is 0.986. The molecule has 1 aliphatic rings. The summed E-state index contributed by atoms with van der Waals surface area (Å²) in [6, 6.07) is 0. The third-order valence-electron chi connectivity index (χ3n) is 1.67. The van der Waals surface area contributed by atoms with Crippen LogP contribution in [0, 0.1) is 0 Å². The molecule has 0 aromatic heterocycles. The Morgan fingerprint density at radius 2 is 2.27 bits per heavy atom. The lowest BCUT2D eigenvalue weighted by atomic mass is 10.1. The standard InChI is InChI=1S/C10H13N/c1-3-5-6-10-9(4-2)7-8-11-10/h3-6,8H,7H2,1-2H3/b5-3-,9-4-,10-6+. The summed E-state index contributed by atoms with van der Waals surface area (Å²) in [5.74, 6) is 0. The molecule has 0 aliphatic carbocycles. The van der Waals surface area contributed by atoms with Crippen LogP contribution in [0.1, 0.15) is 20.3 Å². The Balaban J connectivity index is 2.78. The van der Waals surface area contributed by atoms with Gasteiger partial charge in [0.2, 0.25) is 0 Å². The second-order valence-electron chi connectivity index (χ2n) is 2.41. The van der Waals surface area contributed by atoms with E-state index >= 15 is 0 Å². The molecule has 1 heteroatoms. The highest BCUT2D eigenvalue weighted by Gasteiger charge is 2.05. The van der Waals surface area contributed by atoms with Crippen LogP contribution in [0.2, 0.25) is 0 Å². The predicted octanol–water partition coefficient (Wildman–Crippen LogP) is 2.87. The Morgan fingerprint density at radius 3 is 2.91 bits per heavy atom. The van der Waals surface area contributed by atoms with E-state index in [0.717, 1.165) is 12.1 Å². The van der Waals surface area contributed by atoms with Gasteiger partial charge in [0, 0.05) is 12.6 Å². The fourth-order valence-electron chi connectivity index (χ4n) is 1.03. The van der Waals surface area contributed by atoms with Gasteiger partial charge in [0.1, 0.15) is 0 Å². The van der Waals surface area contributed by atoms with Crippen LogP contribution in [0.25, 0.3) is 0 Å². The van der Waals surface area contributed by atoms with Crippen LogP contribution >= 0.6 is 0 Å². The van der Waals surface area contributed by atoms with Gasteiger partial charge in [-0.2, -0.15) is 0 Å². The van der Waals surface area contributed by atoms with Gasteiger partial charge in [-0.1, -0.05) is 18.2 Å². The number of hydrogen-bond donors (Lipinski definition) is 0. The molecule has 0 fully saturated rings. The summed E-state index contributed by atoms with van der Waals surface area (Å²) in [7, 11) is 0. The summed E-state index contributed by atoms with van der Waals surface area (Å²) >= 11 is 0. The number of hydrogen-bond acceptors (Lipinski definition) is 1. The lowest BCUT2D eigenvalue weighted by Crippen LogP contribution is -1.76. The van der Waals surface area contributed by atoms with Gasteiger partial charge in [-0.05, 0) is 25.5 Å². The zero-order chi connectivity index (χ0) is 8.10. The van der Waals surface area contributed by atoms with Gasteiger partial charge in [0.05, 0.1) is 5.70 Å². The van der Waals surface area contributed by atoms with Crippen LogP contribution < -0.4 is 0 Å². The van der Waals surface area contributed by atoms with Crippen LogP contribution in [-0.2, 0) is 0 Å². The predicted molar refractivity (Wildman–Crippen MR) is 49.8 cm³/mol. The third-order valence-corrected chi connectivity index (χ3v) is 1.67. The van der Waals surface area contributed by atoms with Gasteiger partial charge in [0.15, 0.2) is 0 Å². The molecule has 0 radical (unpaired) electrons. The van der Waals surface area contributed by atoms with E-state index < -0.39 is 0 Å². The summed E-state index contributed by atoms with van der Waals surface area (Å²) in [5.41, 5.74) is 2.42. The molecule has 0 bridgehead atoms. The van der Waals surface area contributed by atoms with Crippen molar-refractivity contribution < 1.29 is 0 Å². The number of nitrogens with zero attached hydrogens (tertiary/aromatic N) is 1. The van der Waals surface area contributed by atoms with Crippen molar-refractivity contribution in [1.82, 2.24) is 0 Å². The molecular weight excluding hydrogens is 134 g/mol. The van der Waals surface area contributed by atoms with Crippen LogP contribution in [0.15, 0.2) is 40.6 Å². The monoisotopic (exact) mass is 147 g/mol. The first-order valence-electron chi connectivity index (χ1n) is 3.89. The van der Waals surface area contributed by atoms with Gasteiger partial charge in [-0.15, -0.1) is 0 Å². The topological polar surface area (TPSA) is 12.4 Å². The molecule has 0 spiro atoms. The van der Waals surface area contributed by atoms with E-state index in [1.165, 1.54) is 5.57 Å². The first kappa shape index (κ1) is 7.99. The summed E-state index contributed by atoms with van der Waals surface area (Å²) in [6.45, 7) is 4.05. The van der Waals surface area contributed by atoms with E-state index in [1.54, 1.807) is 0 Å². The Labute approximate surface area is 67.8 Å². The van der Waals surface area contributed by atoms with Crippen molar-refractivity contribution in [3.63, 3.8) is 0 Å². The Bertz CT molecular complexity index is 242. The van der Waals surface area contributed by atoms with E-state index in [0.29, 0.717) is 0 Å². The Morgan fingerprint density at radius 1 is 1.45 bits per heavy atom. The minimum atomic E-state index is 0.986. The maximum absolute atomic E-state index is 4.24. The molecule has 0 amide bonds. The molecule has 0 atom stereocenters. The first-order chi connectivity index (χ1) is 5.38. The van der Waals surface area contributed by atoms with Crippen molar-refractivity contribution >= 4 is 6.21 Å². The molecule has 1 nitrogen and oxygen atoms in total. The van der Waals surface area contributed by atoms with Crippen LogP contribution in [0.3, 0.4) is 0 Å². The highest BCUT2D eigenvalue weighted by atomic mass is 14.8. The zero-order valence-corrected chi connectivity index (χ0v) is 7.04. The summed E-state index contributed by atoms with van der Waals surface area (Å²) < 4.78 is 0. The van der Waals surface area contributed by atoms with Gasteiger partial charge in [-0.25, -0.2) is 0 Å². The average molecular weight is 147 g/mol. The maximum Gasteiger partial charge on any atom is 0.0658 e. The molecule has 0 N–H and O–H groups in total. The smallest absolute Gasteiger partial charge is 0.0658 e. The number of allylic oxidation sites excluding steroid dienone is 5. The van der Waals surface area contributed by atoms with E-state index in [9.17, 15) is 0 Å². The third kappa shape index (κ3) is 1.90. The van der Waals surface area contributed by atoms with Gasteiger partial charge >= 0.3 is 0 Å². The number of rotatable bonds is 1. The molecule has 1 heterocycles. The van der Waals surface area contributed by atoms with E-state index in [2.05, 4.69) is 11.1 Å². The SMILES string of the molecule is C\C=C/C=C1/N=CC/C1=C/C. The molecule has 11 heavy (non-hydrogen) atoms. The summed E-state index contributed by atoms with van der Waals surface area (Å²) in [6.07, 6.45) is 11.1.